The van der Waals surface area contributed by atoms with Crippen LogP contribution in [0.1, 0.15) is 52.8 Å². The van der Waals surface area contributed by atoms with Crippen molar-refractivity contribution in [2.75, 3.05) is 20.3 Å². The molecular weight excluding hydrogens is 452 g/mol. The second-order valence-corrected chi connectivity index (χ2v) is 7.47. The Morgan fingerprint density at radius 1 is 1.27 bits per heavy atom. The summed E-state index contributed by atoms with van der Waals surface area (Å²) in [6.07, 6.45) is 2.45. The summed E-state index contributed by atoms with van der Waals surface area (Å²) in [7, 11) is 0.172. The lowest BCUT2D eigenvalue weighted by Crippen LogP contribution is -2.19. The zero-order chi connectivity index (χ0) is 25.1. The summed E-state index contributed by atoms with van der Waals surface area (Å²) in [6.45, 7) is 8.34. The third kappa shape index (κ3) is 11.6. The fourth-order valence-electron chi connectivity index (χ4n) is 2.40. The number of aliphatic hydroxyl groups is 2. The number of fused-ring (bicyclic) bond motifs is 1. The minimum absolute atomic E-state index is 0.200. The highest BCUT2D eigenvalue weighted by molar-refractivity contribution is 7.46. The second-order valence-electron chi connectivity index (χ2n) is 6.17. The third-order valence-electron chi connectivity index (χ3n) is 4.01. The van der Waals surface area contributed by atoms with Crippen LogP contribution in [0, 0.1) is 11.3 Å². The van der Waals surface area contributed by atoms with Gasteiger partial charge in [0.25, 0.3) is 5.98 Å². The number of ether oxygens (including phenoxy) is 1. The van der Waals surface area contributed by atoms with E-state index in [1.165, 1.54) is 19.4 Å². The van der Waals surface area contributed by atoms with Crippen LogP contribution in [0.15, 0.2) is 12.5 Å². The number of nitrogens with zero attached hydrogens (tertiary/aromatic N) is 5. The molecule has 0 saturated carbocycles. The number of halogens is 1. The van der Waals surface area contributed by atoms with Gasteiger partial charge in [0.15, 0.2) is 5.65 Å². The van der Waals surface area contributed by atoms with Gasteiger partial charge in [-0.2, -0.15) is 5.26 Å². The van der Waals surface area contributed by atoms with Gasteiger partial charge in [-0.1, -0.05) is 27.7 Å². The SMILES string of the molecule is CC.CCC(O)C(F)CC.COC=[P+](OCCC#N)OCCn1c(CO)nc2cncnc21. The summed E-state index contributed by atoms with van der Waals surface area (Å²) in [4.78, 5) is 12.3. The predicted molar refractivity (Wildman–Crippen MR) is 126 cm³/mol. The lowest BCUT2D eigenvalue weighted by atomic mass is 10.1. The van der Waals surface area contributed by atoms with Gasteiger partial charge in [-0.3, -0.25) is 0 Å². The maximum Gasteiger partial charge on any atom is 0.457 e. The third-order valence-corrected chi connectivity index (χ3v) is 5.27. The van der Waals surface area contributed by atoms with E-state index in [9.17, 15) is 9.50 Å². The van der Waals surface area contributed by atoms with Crippen molar-refractivity contribution in [3.63, 3.8) is 0 Å². The van der Waals surface area contributed by atoms with Crippen molar-refractivity contribution in [3.05, 3.63) is 18.3 Å². The van der Waals surface area contributed by atoms with Crippen LogP contribution in [-0.4, -0.2) is 68.3 Å². The van der Waals surface area contributed by atoms with Crippen LogP contribution in [0.2, 0.25) is 0 Å². The van der Waals surface area contributed by atoms with E-state index in [-0.39, 0.29) is 19.6 Å². The first-order chi connectivity index (χ1) is 16.0. The molecule has 2 aromatic heterocycles. The topological polar surface area (TPSA) is 136 Å². The van der Waals surface area contributed by atoms with E-state index in [1.807, 2.05) is 19.9 Å². The maximum absolute atomic E-state index is 12.3. The number of nitriles is 1. The molecule has 0 bridgehead atoms. The van der Waals surface area contributed by atoms with Crippen molar-refractivity contribution in [3.8, 4) is 6.07 Å². The van der Waals surface area contributed by atoms with Gasteiger partial charge < -0.3 is 19.5 Å². The lowest BCUT2D eigenvalue weighted by Gasteiger charge is -2.09. The van der Waals surface area contributed by atoms with Crippen molar-refractivity contribution in [1.82, 2.24) is 19.5 Å². The van der Waals surface area contributed by atoms with E-state index in [0.717, 1.165) is 0 Å². The van der Waals surface area contributed by atoms with Gasteiger partial charge >= 0.3 is 8.00 Å². The Morgan fingerprint density at radius 3 is 2.52 bits per heavy atom. The minimum Gasteiger partial charge on any atom is -0.390 e. The smallest absolute Gasteiger partial charge is 0.390 e. The molecule has 2 rings (SSSR count). The normalized spacial score (nSPS) is 12.8. The van der Waals surface area contributed by atoms with Crippen molar-refractivity contribution in [2.45, 2.75) is 72.4 Å². The first-order valence-corrected chi connectivity index (χ1v) is 12.1. The monoisotopic (exact) mass is 488 g/mol. The molecule has 12 heteroatoms. The van der Waals surface area contributed by atoms with Crippen LogP contribution >= 0.6 is 8.00 Å². The van der Waals surface area contributed by atoms with Gasteiger partial charge in [-0.15, -0.1) is 9.05 Å². The van der Waals surface area contributed by atoms with Crippen LogP contribution in [0.3, 0.4) is 0 Å². The highest BCUT2D eigenvalue weighted by Crippen LogP contribution is 2.25. The largest absolute Gasteiger partial charge is 0.457 e. The summed E-state index contributed by atoms with van der Waals surface area (Å²) in [5.74, 6) is 1.96. The number of imidazole rings is 1. The number of methoxy groups -OCH3 is 1. The van der Waals surface area contributed by atoms with Crippen molar-refractivity contribution in [1.29, 1.82) is 5.26 Å². The highest BCUT2D eigenvalue weighted by Gasteiger charge is 2.17. The summed E-state index contributed by atoms with van der Waals surface area (Å²) in [5, 5.41) is 26.7. The number of hydrogen-bond acceptors (Lipinski definition) is 9. The molecule has 3 unspecified atom stereocenters. The predicted octanol–water partition coefficient (Wildman–Crippen LogP) is 3.52. The Labute approximate surface area is 195 Å². The molecule has 2 heterocycles. The molecule has 2 aromatic rings. The maximum atomic E-state index is 12.3. The average Bonchev–Trinajstić information content (AvgIpc) is 3.22. The average molecular weight is 489 g/mol. The fraction of sp³-hybridized carbons (Fsp3) is 0.667. The molecule has 2 N–H and O–H groups in total. The molecule has 0 fully saturated rings. The molecular formula is C21H36FN5O5P+. The van der Waals surface area contributed by atoms with Gasteiger partial charge in [0.05, 0.1) is 31.3 Å². The number of aromatic nitrogens is 4. The second kappa shape index (κ2) is 19.4. The first-order valence-electron chi connectivity index (χ1n) is 10.9. The molecule has 0 radical (unpaired) electrons. The van der Waals surface area contributed by atoms with Crippen LogP contribution < -0.4 is 0 Å². The van der Waals surface area contributed by atoms with Gasteiger partial charge in [0, 0.05) is 7.11 Å². The molecule has 0 aliphatic heterocycles. The first kappa shape index (κ1) is 30.9. The molecule has 0 saturated heterocycles. The summed E-state index contributed by atoms with van der Waals surface area (Å²) in [6, 6.07) is 2.00. The Morgan fingerprint density at radius 2 is 1.97 bits per heavy atom. The fourth-order valence-corrected chi connectivity index (χ4v) is 3.30. The molecule has 0 aliphatic rings. The molecule has 3 atom stereocenters. The van der Waals surface area contributed by atoms with Crippen molar-refractivity contribution in [2.24, 2.45) is 0 Å². The summed E-state index contributed by atoms with van der Waals surface area (Å²) in [5.41, 5.74) is 1.26. The lowest BCUT2D eigenvalue weighted by molar-refractivity contribution is 0.0726. The van der Waals surface area contributed by atoms with Gasteiger partial charge in [-0.05, 0) is 12.8 Å². The Kier molecular flexibility index (Phi) is 18.2. The van der Waals surface area contributed by atoms with Crippen LogP contribution in [0.25, 0.3) is 11.2 Å². The van der Waals surface area contributed by atoms with Crippen LogP contribution in [0.5, 0.6) is 0 Å². The quantitative estimate of drug-likeness (QED) is 0.340. The van der Waals surface area contributed by atoms with Crippen molar-refractivity contribution < 1.29 is 28.4 Å². The zero-order valence-electron chi connectivity index (χ0n) is 20.0. The molecule has 0 amide bonds. The van der Waals surface area contributed by atoms with Gasteiger partial charge in [-0.25, -0.2) is 19.3 Å². The van der Waals surface area contributed by atoms with E-state index in [0.29, 0.717) is 43.0 Å². The van der Waals surface area contributed by atoms with Crippen LogP contribution in [0.4, 0.5) is 4.39 Å². The van der Waals surface area contributed by atoms with Crippen molar-refractivity contribution >= 4 is 25.1 Å². The molecule has 0 spiro atoms. The highest BCUT2D eigenvalue weighted by atomic mass is 31.1. The minimum atomic E-state index is -1.34. The Bertz CT molecular complexity index is 838. The molecule has 10 nitrogen and oxygen atoms in total. The Balaban J connectivity index is 0.000000868. The number of rotatable bonds is 12. The summed E-state index contributed by atoms with van der Waals surface area (Å²) >= 11 is 0. The summed E-state index contributed by atoms with van der Waals surface area (Å²) < 4.78 is 30.0. The van der Waals surface area contributed by atoms with Crippen LogP contribution in [-0.2, 0) is 26.9 Å². The number of hydrogen-bond donors (Lipinski definition) is 2. The van der Waals surface area contributed by atoms with E-state index in [4.69, 9.17) is 24.2 Å². The molecule has 0 aromatic carbocycles. The molecule has 33 heavy (non-hydrogen) atoms. The number of aliphatic hydroxyl groups excluding tert-OH is 2. The Hall–Kier alpha value is -2.06. The van der Waals surface area contributed by atoms with Gasteiger partial charge in [0.1, 0.15) is 43.7 Å². The van der Waals surface area contributed by atoms with E-state index >= 15 is 0 Å². The van der Waals surface area contributed by atoms with E-state index in [1.54, 1.807) is 24.6 Å². The molecule has 186 valence electrons. The molecule has 0 aliphatic carbocycles. The standard InChI is InChI=1S/C13H17N5O4P.C6H13FO.C2H6/c1-20-10-23(21-5-2-3-14)22-6-4-18-12(8-19)17-11-7-15-9-16-13(11)18;1-3-5(7)6(8)4-2;1-2/h7,9-10,19H,2,4-6,8H2,1H3;5-6,8H,3-4H2,1-2H3;1-2H3/q+1;;. The zero-order valence-corrected chi connectivity index (χ0v) is 20.9. The van der Waals surface area contributed by atoms with E-state index < -0.39 is 20.3 Å². The number of alkyl halides is 1. The van der Waals surface area contributed by atoms with Gasteiger partial charge in [0.2, 0.25) is 0 Å². The van der Waals surface area contributed by atoms with E-state index in [2.05, 4.69) is 15.0 Å².